The lowest BCUT2D eigenvalue weighted by Gasteiger charge is -1.98. The molecule has 1 aromatic heterocycles. The smallest absolute Gasteiger partial charge is 0.198 e. The molecule has 4 heteroatoms. The maximum atomic E-state index is 5.68. The van der Waals surface area contributed by atoms with Crippen LogP contribution in [0.15, 0.2) is 22.6 Å². The second-order valence-electron chi connectivity index (χ2n) is 4.25. The third-order valence-electron chi connectivity index (χ3n) is 2.90. The molecule has 1 aromatic carbocycles. The van der Waals surface area contributed by atoms with Crippen molar-refractivity contribution in [1.29, 1.82) is 0 Å². The van der Waals surface area contributed by atoms with Crippen molar-refractivity contribution >= 4 is 11.1 Å². The predicted octanol–water partition coefficient (Wildman–Crippen LogP) is 2.14. The standard InChI is InChI=1S/C12H14N2O2/c13-15-6-5-8-1-4-11-10(7-8)14-12(16-11)9-2-3-9/h1,4,7,9H,2-3,5-6,13H2. The van der Waals surface area contributed by atoms with Gasteiger partial charge < -0.3 is 9.25 Å². The molecule has 84 valence electrons. The van der Waals surface area contributed by atoms with Crippen LogP contribution in [0.3, 0.4) is 0 Å². The number of nitrogens with two attached hydrogens (primary N) is 1. The second-order valence-corrected chi connectivity index (χ2v) is 4.25. The minimum Gasteiger partial charge on any atom is -0.440 e. The summed E-state index contributed by atoms with van der Waals surface area (Å²) >= 11 is 0. The Morgan fingerprint density at radius 1 is 1.44 bits per heavy atom. The van der Waals surface area contributed by atoms with Gasteiger partial charge in [-0.15, -0.1) is 0 Å². The third-order valence-corrected chi connectivity index (χ3v) is 2.90. The summed E-state index contributed by atoms with van der Waals surface area (Å²) in [5.41, 5.74) is 2.99. The number of benzene rings is 1. The van der Waals surface area contributed by atoms with E-state index < -0.39 is 0 Å². The van der Waals surface area contributed by atoms with Crippen LogP contribution in [0, 0.1) is 0 Å². The molecular formula is C12H14N2O2. The highest BCUT2D eigenvalue weighted by Gasteiger charge is 2.28. The van der Waals surface area contributed by atoms with Crippen LogP contribution in [0.1, 0.15) is 30.2 Å². The van der Waals surface area contributed by atoms with E-state index in [1.165, 1.54) is 18.4 Å². The summed E-state index contributed by atoms with van der Waals surface area (Å²) in [6.07, 6.45) is 3.22. The van der Waals surface area contributed by atoms with Crippen molar-refractivity contribution in [3.63, 3.8) is 0 Å². The molecular weight excluding hydrogens is 204 g/mol. The Kier molecular flexibility index (Phi) is 2.38. The van der Waals surface area contributed by atoms with Crippen LogP contribution in [-0.2, 0) is 11.3 Å². The summed E-state index contributed by atoms with van der Waals surface area (Å²) in [5.74, 6) is 6.46. The van der Waals surface area contributed by atoms with Crippen LogP contribution in [0.4, 0.5) is 0 Å². The average Bonchev–Trinajstić information content (AvgIpc) is 3.06. The van der Waals surface area contributed by atoms with Gasteiger partial charge in [0, 0.05) is 5.92 Å². The molecule has 2 N–H and O–H groups in total. The zero-order valence-corrected chi connectivity index (χ0v) is 8.98. The fraction of sp³-hybridized carbons (Fsp3) is 0.417. The Morgan fingerprint density at radius 3 is 3.06 bits per heavy atom. The molecule has 0 bridgehead atoms. The molecule has 0 spiro atoms. The Balaban J connectivity index is 1.90. The van der Waals surface area contributed by atoms with Gasteiger partial charge in [-0.1, -0.05) is 6.07 Å². The Morgan fingerprint density at radius 2 is 2.31 bits per heavy atom. The number of hydrogen-bond acceptors (Lipinski definition) is 4. The van der Waals surface area contributed by atoms with Crippen LogP contribution in [0.25, 0.3) is 11.1 Å². The minimum atomic E-state index is 0.527. The van der Waals surface area contributed by atoms with Gasteiger partial charge in [0.15, 0.2) is 11.5 Å². The number of rotatable bonds is 4. The molecule has 0 atom stereocenters. The molecule has 0 unspecified atom stereocenters. The largest absolute Gasteiger partial charge is 0.440 e. The summed E-state index contributed by atoms with van der Waals surface area (Å²) in [6.45, 7) is 0.527. The van der Waals surface area contributed by atoms with Gasteiger partial charge in [0.1, 0.15) is 5.52 Å². The molecule has 1 saturated carbocycles. The van der Waals surface area contributed by atoms with E-state index >= 15 is 0 Å². The SMILES string of the molecule is NOCCc1ccc2oc(C3CC3)nc2c1. The van der Waals surface area contributed by atoms with Crippen molar-refractivity contribution in [2.75, 3.05) is 6.61 Å². The van der Waals surface area contributed by atoms with Crippen LogP contribution in [0.5, 0.6) is 0 Å². The normalized spacial score (nSPS) is 15.8. The molecule has 1 aliphatic rings. The molecule has 0 aliphatic heterocycles. The fourth-order valence-electron chi connectivity index (χ4n) is 1.83. The van der Waals surface area contributed by atoms with Gasteiger partial charge in [-0.25, -0.2) is 10.9 Å². The first-order valence-corrected chi connectivity index (χ1v) is 5.58. The van der Waals surface area contributed by atoms with E-state index in [0.29, 0.717) is 12.5 Å². The Hall–Kier alpha value is -1.39. The molecule has 1 fully saturated rings. The van der Waals surface area contributed by atoms with Crippen molar-refractivity contribution in [3.05, 3.63) is 29.7 Å². The third kappa shape index (κ3) is 1.81. The molecule has 2 aromatic rings. The van der Waals surface area contributed by atoms with E-state index in [1.54, 1.807) is 0 Å². The number of oxazole rings is 1. The van der Waals surface area contributed by atoms with Crippen molar-refractivity contribution in [1.82, 2.24) is 4.98 Å². The average molecular weight is 218 g/mol. The molecule has 4 nitrogen and oxygen atoms in total. The lowest BCUT2D eigenvalue weighted by Crippen LogP contribution is -2.03. The lowest BCUT2D eigenvalue weighted by molar-refractivity contribution is 0.141. The van der Waals surface area contributed by atoms with E-state index in [9.17, 15) is 0 Å². The van der Waals surface area contributed by atoms with E-state index in [1.807, 2.05) is 18.2 Å². The number of aromatic nitrogens is 1. The highest BCUT2D eigenvalue weighted by molar-refractivity contribution is 5.73. The quantitative estimate of drug-likeness (QED) is 0.798. The van der Waals surface area contributed by atoms with Crippen LogP contribution < -0.4 is 5.90 Å². The van der Waals surface area contributed by atoms with Gasteiger partial charge >= 0.3 is 0 Å². The Labute approximate surface area is 93.4 Å². The first-order chi connectivity index (χ1) is 7.86. The second kappa shape index (κ2) is 3.88. The van der Waals surface area contributed by atoms with Gasteiger partial charge in [0.2, 0.25) is 0 Å². The summed E-state index contributed by atoms with van der Waals surface area (Å²) in [4.78, 5) is 9.07. The minimum absolute atomic E-state index is 0.527. The molecule has 1 heterocycles. The van der Waals surface area contributed by atoms with E-state index in [0.717, 1.165) is 23.4 Å². The van der Waals surface area contributed by atoms with Crippen molar-refractivity contribution < 1.29 is 9.25 Å². The molecule has 0 radical (unpaired) electrons. The van der Waals surface area contributed by atoms with Crippen LogP contribution >= 0.6 is 0 Å². The first-order valence-electron chi connectivity index (χ1n) is 5.58. The van der Waals surface area contributed by atoms with E-state index in [4.69, 9.17) is 10.3 Å². The van der Waals surface area contributed by atoms with Crippen LogP contribution in [-0.4, -0.2) is 11.6 Å². The van der Waals surface area contributed by atoms with Crippen LogP contribution in [0.2, 0.25) is 0 Å². The summed E-state index contributed by atoms with van der Waals surface area (Å²) in [6, 6.07) is 6.05. The van der Waals surface area contributed by atoms with Crippen molar-refractivity contribution in [2.45, 2.75) is 25.2 Å². The highest BCUT2D eigenvalue weighted by atomic mass is 16.6. The van der Waals surface area contributed by atoms with Gasteiger partial charge in [-0.05, 0) is 37.0 Å². The van der Waals surface area contributed by atoms with E-state index in [-0.39, 0.29) is 0 Å². The molecule has 1 aliphatic carbocycles. The number of nitrogens with zero attached hydrogens (tertiary/aromatic N) is 1. The fourth-order valence-corrected chi connectivity index (χ4v) is 1.83. The predicted molar refractivity (Wildman–Crippen MR) is 59.8 cm³/mol. The van der Waals surface area contributed by atoms with Crippen molar-refractivity contribution in [2.24, 2.45) is 5.90 Å². The Bertz CT molecular complexity index is 503. The summed E-state index contributed by atoms with van der Waals surface area (Å²) in [5, 5.41) is 0. The zero-order chi connectivity index (χ0) is 11.0. The molecule has 0 saturated heterocycles. The van der Waals surface area contributed by atoms with Gasteiger partial charge in [-0.2, -0.15) is 0 Å². The monoisotopic (exact) mass is 218 g/mol. The maximum absolute atomic E-state index is 5.68. The van der Waals surface area contributed by atoms with Gasteiger partial charge in [-0.3, -0.25) is 0 Å². The van der Waals surface area contributed by atoms with Crippen molar-refractivity contribution in [3.8, 4) is 0 Å². The maximum Gasteiger partial charge on any atom is 0.198 e. The van der Waals surface area contributed by atoms with Gasteiger partial charge in [0.25, 0.3) is 0 Å². The van der Waals surface area contributed by atoms with Gasteiger partial charge in [0.05, 0.1) is 6.61 Å². The first kappa shape index (κ1) is 9.81. The highest BCUT2D eigenvalue weighted by Crippen LogP contribution is 2.40. The lowest BCUT2D eigenvalue weighted by atomic mass is 10.1. The molecule has 16 heavy (non-hydrogen) atoms. The molecule has 0 amide bonds. The zero-order valence-electron chi connectivity index (χ0n) is 8.98. The van der Waals surface area contributed by atoms with E-state index in [2.05, 4.69) is 9.82 Å². The molecule has 3 rings (SSSR count). The topological polar surface area (TPSA) is 61.3 Å². The summed E-state index contributed by atoms with van der Waals surface area (Å²) < 4.78 is 5.68. The number of fused-ring (bicyclic) bond motifs is 1. The summed E-state index contributed by atoms with van der Waals surface area (Å²) in [7, 11) is 0. The number of hydrogen-bond donors (Lipinski definition) is 1.